The molecule has 0 N–H and O–H groups in total. The van der Waals surface area contributed by atoms with Gasteiger partial charge in [-0.15, -0.1) is 0 Å². The molecule has 0 bridgehead atoms. The normalized spacial score (nSPS) is 24.6. The van der Waals surface area contributed by atoms with Crippen molar-refractivity contribution >= 4 is 14.1 Å². The molecule has 1 atom stereocenters. The lowest BCUT2D eigenvalue weighted by molar-refractivity contribution is -0.115. The summed E-state index contributed by atoms with van der Waals surface area (Å²) in [5.74, 6) is 0.227. The van der Waals surface area contributed by atoms with E-state index in [-0.39, 0.29) is 11.9 Å². The smallest absolute Gasteiger partial charge is 0.184 e. The average molecular weight is 184 g/mol. The Balaban J connectivity index is 2.46. The Morgan fingerprint density at radius 2 is 2.17 bits per heavy atom. The first-order valence-electron chi connectivity index (χ1n) is 4.36. The quantitative estimate of drug-likeness (QED) is 0.614. The summed E-state index contributed by atoms with van der Waals surface area (Å²) < 4.78 is 5.83. The summed E-state index contributed by atoms with van der Waals surface area (Å²) in [5.41, 5.74) is 0. The molecule has 2 nitrogen and oxygen atoms in total. The third-order valence-electron chi connectivity index (χ3n) is 1.68. The van der Waals surface area contributed by atoms with Crippen molar-refractivity contribution in [2.45, 2.75) is 38.6 Å². The zero-order valence-corrected chi connectivity index (χ0v) is 8.96. The van der Waals surface area contributed by atoms with Crippen molar-refractivity contribution < 1.29 is 9.22 Å². The van der Waals surface area contributed by atoms with E-state index in [1.54, 1.807) is 6.08 Å². The molecule has 0 aliphatic heterocycles. The maximum atomic E-state index is 10.8. The molecule has 0 heterocycles. The topological polar surface area (TPSA) is 26.3 Å². The minimum atomic E-state index is -1.43. The van der Waals surface area contributed by atoms with Gasteiger partial charge in [-0.1, -0.05) is 6.08 Å². The van der Waals surface area contributed by atoms with E-state index in [9.17, 15) is 4.79 Å². The second kappa shape index (κ2) is 3.54. The molecule has 68 valence electrons. The molecule has 0 saturated heterocycles. The van der Waals surface area contributed by atoms with Crippen molar-refractivity contribution in [3.63, 3.8) is 0 Å². The summed E-state index contributed by atoms with van der Waals surface area (Å²) in [6.07, 6.45) is 5.23. The van der Waals surface area contributed by atoms with Gasteiger partial charge in [-0.05, 0) is 32.1 Å². The second-order valence-electron chi connectivity index (χ2n) is 4.13. The van der Waals surface area contributed by atoms with Gasteiger partial charge in [-0.25, -0.2) is 0 Å². The molecular formula is C9H16O2Si. The Morgan fingerprint density at radius 3 is 2.58 bits per heavy atom. The fraction of sp³-hybridized carbons (Fsp3) is 0.667. The third kappa shape index (κ3) is 3.32. The number of ketones is 1. The molecule has 1 aliphatic carbocycles. The van der Waals surface area contributed by atoms with Crippen LogP contribution in [-0.2, 0) is 9.22 Å². The maximum Gasteiger partial charge on any atom is 0.184 e. The molecule has 0 fully saturated rings. The molecule has 0 aromatic heterocycles. The zero-order valence-electron chi connectivity index (χ0n) is 7.96. The molecule has 1 unspecified atom stereocenters. The van der Waals surface area contributed by atoms with Crippen molar-refractivity contribution in [3.8, 4) is 0 Å². The monoisotopic (exact) mass is 184 g/mol. The van der Waals surface area contributed by atoms with Gasteiger partial charge in [-0.2, -0.15) is 0 Å². The minimum Gasteiger partial charge on any atom is -0.411 e. The van der Waals surface area contributed by atoms with E-state index in [1.165, 1.54) is 0 Å². The van der Waals surface area contributed by atoms with E-state index >= 15 is 0 Å². The summed E-state index contributed by atoms with van der Waals surface area (Å²) in [6.45, 7) is 6.49. The molecule has 0 radical (unpaired) electrons. The van der Waals surface area contributed by atoms with Crippen LogP contribution >= 0.6 is 0 Å². The summed E-state index contributed by atoms with van der Waals surface area (Å²) in [6, 6.07) is 0. The average Bonchev–Trinajstić information content (AvgIpc) is 1.91. The minimum absolute atomic E-state index is 0.189. The first kappa shape index (κ1) is 9.67. The van der Waals surface area contributed by atoms with Crippen molar-refractivity contribution in [1.82, 2.24) is 0 Å². The fourth-order valence-corrected chi connectivity index (χ4v) is 2.34. The molecule has 0 amide bonds. The fourth-order valence-electron chi connectivity index (χ4n) is 1.23. The first-order chi connectivity index (χ1) is 5.47. The first-order valence-corrected chi connectivity index (χ1v) is 7.77. The largest absolute Gasteiger partial charge is 0.411 e. The lowest BCUT2D eigenvalue weighted by atomic mass is 10.0. The highest BCUT2D eigenvalue weighted by Crippen LogP contribution is 2.16. The molecular weight excluding hydrogens is 168 g/mol. The number of carbonyl (C=O) groups is 1. The van der Waals surface area contributed by atoms with Crippen LogP contribution in [0.3, 0.4) is 0 Å². The molecule has 0 spiro atoms. The van der Waals surface area contributed by atoms with E-state index in [2.05, 4.69) is 19.6 Å². The van der Waals surface area contributed by atoms with Crippen molar-refractivity contribution in [2.24, 2.45) is 0 Å². The van der Waals surface area contributed by atoms with Crippen LogP contribution in [0.5, 0.6) is 0 Å². The van der Waals surface area contributed by atoms with Gasteiger partial charge in [0.2, 0.25) is 0 Å². The van der Waals surface area contributed by atoms with Crippen molar-refractivity contribution in [1.29, 1.82) is 0 Å². The summed E-state index contributed by atoms with van der Waals surface area (Å²) in [5, 5.41) is 0. The number of carbonyl (C=O) groups excluding carboxylic acids is 1. The standard InChI is InChI=1S/C9H16O2Si/c1-12(2,3)11-9-6-4-8(10)5-7-9/h4,6,9H,5,7H2,1-3H3. The SMILES string of the molecule is C[Si](C)(C)OC1C=CC(=O)CC1. The van der Waals surface area contributed by atoms with E-state index in [0.717, 1.165) is 6.42 Å². The molecule has 3 heteroatoms. The van der Waals surface area contributed by atoms with E-state index in [4.69, 9.17) is 4.43 Å². The lowest BCUT2D eigenvalue weighted by Gasteiger charge is -2.25. The predicted molar refractivity (Wildman–Crippen MR) is 51.6 cm³/mol. The van der Waals surface area contributed by atoms with Gasteiger partial charge in [0.05, 0.1) is 6.10 Å². The van der Waals surface area contributed by atoms with Gasteiger partial charge in [0.25, 0.3) is 0 Å². The van der Waals surface area contributed by atoms with Crippen LogP contribution < -0.4 is 0 Å². The van der Waals surface area contributed by atoms with Crippen molar-refractivity contribution in [3.05, 3.63) is 12.2 Å². The number of hydrogen-bond acceptors (Lipinski definition) is 2. The molecule has 0 aromatic rings. The number of hydrogen-bond donors (Lipinski definition) is 0. The van der Waals surface area contributed by atoms with Gasteiger partial charge in [0.1, 0.15) is 0 Å². The number of rotatable bonds is 2. The van der Waals surface area contributed by atoms with Crippen molar-refractivity contribution in [2.75, 3.05) is 0 Å². The second-order valence-corrected chi connectivity index (χ2v) is 8.59. The Labute approximate surface area is 74.7 Å². The van der Waals surface area contributed by atoms with Crippen LogP contribution in [-0.4, -0.2) is 20.2 Å². The van der Waals surface area contributed by atoms with Crippen LogP contribution in [0.2, 0.25) is 19.6 Å². The predicted octanol–water partition coefficient (Wildman–Crippen LogP) is 2.13. The van der Waals surface area contributed by atoms with E-state index in [0.29, 0.717) is 6.42 Å². The van der Waals surface area contributed by atoms with Gasteiger partial charge in [0, 0.05) is 6.42 Å². The maximum absolute atomic E-state index is 10.8. The Bertz CT molecular complexity index is 203. The Morgan fingerprint density at radius 1 is 1.50 bits per heavy atom. The van der Waals surface area contributed by atoms with Crippen LogP contribution in [0.4, 0.5) is 0 Å². The zero-order chi connectivity index (χ0) is 9.19. The van der Waals surface area contributed by atoms with Gasteiger partial charge in [-0.3, -0.25) is 4.79 Å². The highest BCUT2D eigenvalue weighted by atomic mass is 28.4. The van der Waals surface area contributed by atoms with Crippen LogP contribution in [0.15, 0.2) is 12.2 Å². The Kier molecular flexibility index (Phi) is 2.85. The summed E-state index contributed by atoms with van der Waals surface area (Å²) >= 11 is 0. The highest BCUT2D eigenvalue weighted by molar-refractivity contribution is 6.69. The van der Waals surface area contributed by atoms with Crippen LogP contribution in [0.1, 0.15) is 12.8 Å². The van der Waals surface area contributed by atoms with E-state index in [1.807, 2.05) is 6.08 Å². The third-order valence-corrected chi connectivity index (χ3v) is 2.69. The molecule has 1 rings (SSSR count). The number of allylic oxidation sites excluding steroid dienone is 1. The molecule has 0 saturated carbocycles. The lowest BCUT2D eigenvalue weighted by Crippen LogP contribution is -2.32. The van der Waals surface area contributed by atoms with E-state index < -0.39 is 8.32 Å². The van der Waals surface area contributed by atoms with Gasteiger partial charge >= 0.3 is 0 Å². The highest BCUT2D eigenvalue weighted by Gasteiger charge is 2.21. The summed E-state index contributed by atoms with van der Waals surface area (Å²) in [7, 11) is -1.43. The van der Waals surface area contributed by atoms with Crippen LogP contribution in [0.25, 0.3) is 0 Å². The van der Waals surface area contributed by atoms with Gasteiger partial charge in [0.15, 0.2) is 14.1 Å². The molecule has 0 aromatic carbocycles. The van der Waals surface area contributed by atoms with Crippen LogP contribution in [0, 0.1) is 0 Å². The Hall–Kier alpha value is -0.413. The summed E-state index contributed by atoms with van der Waals surface area (Å²) in [4.78, 5) is 10.8. The molecule has 1 aliphatic rings. The molecule has 12 heavy (non-hydrogen) atoms. The van der Waals surface area contributed by atoms with Gasteiger partial charge < -0.3 is 4.43 Å².